The molecule has 1 aromatic heterocycles. The molecular weight excluding hydrogens is 412 g/mol. The maximum atomic E-state index is 13.2. The monoisotopic (exact) mass is 440 g/mol. The van der Waals surface area contributed by atoms with Crippen molar-refractivity contribution in [2.24, 2.45) is 0 Å². The van der Waals surface area contributed by atoms with Crippen molar-refractivity contribution in [1.29, 1.82) is 0 Å². The Balaban J connectivity index is 1.43. The molecule has 1 aromatic carbocycles. The minimum Gasteiger partial charge on any atom is -0.497 e. The van der Waals surface area contributed by atoms with Gasteiger partial charge in [0.2, 0.25) is 5.91 Å². The number of urea groups is 1. The lowest BCUT2D eigenvalue weighted by atomic mass is 10.1. The molecule has 2 atom stereocenters. The molecule has 3 amide bonds. The summed E-state index contributed by atoms with van der Waals surface area (Å²) < 4.78 is 16.6. The second-order valence-corrected chi connectivity index (χ2v) is 7.78. The number of benzene rings is 1. The molecule has 3 heterocycles. The first kappa shape index (κ1) is 21.9. The highest BCUT2D eigenvalue weighted by molar-refractivity contribution is 5.88. The zero-order chi connectivity index (χ0) is 22.3. The summed E-state index contributed by atoms with van der Waals surface area (Å²) in [5, 5.41) is 2.93. The van der Waals surface area contributed by atoms with Crippen molar-refractivity contribution in [2.45, 2.75) is 25.1 Å². The summed E-state index contributed by atoms with van der Waals surface area (Å²) in [5.74, 6) is 1.31. The molecule has 0 aliphatic carbocycles. The summed E-state index contributed by atoms with van der Waals surface area (Å²) >= 11 is 0. The van der Waals surface area contributed by atoms with E-state index in [1.165, 1.54) is 0 Å². The van der Waals surface area contributed by atoms with Crippen molar-refractivity contribution < 1.29 is 23.8 Å². The zero-order valence-electron chi connectivity index (χ0n) is 18.1. The summed E-state index contributed by atoms with van der Waals surface area (Å²) in [6, 6.07) is 10.2. The molecule has 0 spiro atoms. The van der Waals surface area contributed by atoms with Gasteiger partial charge in [-0.2, -0.15) is 0 Å². The highest BCUT2D eigenvalue weighted by Crippen LogP contribution is 2.25. The van der Waals surface area contributed by atoms with Gasteiger partial charge in [0.15, 0.2) is 0 Å². The third-order valence-electron chi connectivity index (χ3n) is 5.67. The highest BCUT2D eigenvalue weighted by Gasteiger charge is 2.42. The van der Waals surface area contributed by atoms with E-state index in [0.717, 1.165) is 11.3 Å². The van der Waals surface area contributed by atoms with Gasteiger partial charge in [0, 0.05) is 32.3 Å². The van der Waals surface area contributed by atoms with Gasteiger partial charge in [-0.25, -0.2) is 4.79 Å². The Bertz CT molecular complexity index is 902. The lowest BCUT2D eigenvalue weighted by Gasteiger charge is -2.32. The van der Waals surface area contributed by atoms with E-state index in [-0.39, 0.29) is 18.0 Å². The van der Waals surface area contributed by atoms with Crippen LogP contribution in [0.1, 0.15) is 12.0 Å². The Morgan fingerprint density at radius 1 is 1.16 bits per heavy atom. The van der Waals surface area contributed by atoms with Crippen molar-refractivity contribution >= 4 is 11.9 Å². The molecular formula is C23H28N4O5. The largest absolute Gasteiger partial charge is 0.497 e. The Morgan fingerprint density at radius 2 is 1.94 bits per heavy atom. The topological polar surface area (TPSA) is 93.2 Å². The summed E-state index contributed by atoms with van der Waals surface area (Å²) in [4.78, 5) is 33.7. The first-order chi connectivity index (χ1) is 15.6. The van der Waals surface area contributed by atoms with Gasteiger partial charge >= 0.3 is 6.03 Å². The van der Waals surface area contributed by atoms with Crippen LogP contribution in [0.5, 0.6) is 11.5 Å². The standard InChI is InChI=1S/C23H28N4O5/c1-30-18-6-4-17(5-7-18)14-25-23(29)27-16-20(32-19-3-2-8-24-15-19)13-21(27)22(28)26-9-11-31-12-10-26/h2-8,15,20-21H,9-14,16H2,1H3,(H,25,29)/t20-,21+/m0/s1. The molecule has 1 N–H and O–H groups in total. The van der Waals surface area contributed by atoms with Gasteiger partial charge in [-0.05, 0) is 29.8 Å². The van der Waals surface area contributed by atoms with E-state index in [1.807, 2.05) is 30.3 Å². The summed E-state index contributed by atoms with van der Waals surface area (Å²) in [5.41, 5.74) is 0.942. The number of nitrogens with one attached hydrogen (secondary N) is 1. The van der Waals surface area contributed by atoms with Gasteiger partial charge < -0.3 is 29.3 Å². The van der Waals surface area contributed by atoms with E-state index in [0.29, 0.717) is 51.6 Å². The average molecular weight is 441 g/mol. The minimum absolute atomic E-state index is 0.0646. The number of hydrogen-bond acceptors (Lipinski definition) is 6. The molecule has 2 aromatic rings. The van der Waals surface area contributed by atoms with Crippen LogP contribution in [-0.2, 0) is 16.1 Å². The molecule has 0 bridgehead atoms. The minimum atomic E-state index is -0.578. The molecule has 0 unspecified atom stereocenters. The fourth-order valence-electron chi connectivity index (χ4n) is 3.97. The number of methoxy groups -OCH3 is 1. The molecule has 9 nitrogen and oxygen atoms in total. The van der Waals surface area contributed by atoms with Gasteiger partial charge in [-0.3, -0.25) is 9.78 Å². The Labute approximate surface area is 187 Å². The third-order valence-corrected chi connectivity index (χ3v) is 5.67. The Kier molecular flexibility index (Phi) is 7.06. The normalized spacial score (nSPS) is 20.7. The molecule has 2 saturated heterocycles. The molecule has 2 aliphatic rings. The van der Waals surface area contributed by atoms with Crippen LogP contribution in [0.3, 0.4) is 0 Å². The Morgan fingerprint density at radius 3 is 2.62 bits per heavy atom. The molecule has 2 aliphatic heterocycles. The second-order valence-electron chi connectivity index (χ2n) is 7.78. The van der Waals surface area contributed by atoms with Crippen LogP contribution in [0.15, 0.2) is 48.8 Å². The molecule has 170 valence electrons. The van der Waals surface area contributed by atoms with Crippen LogP contribution in [0.2, 0.25) is 0 Å². The van der Waals surface area contributed by atoms with Crippen LogP contribution in [0.4, 0.5) is 4.79 Å². The van der Waals surface area contributed by atoms with Crippen LogP contribution >= 0.6 is 0 Å². The van der Waals surface area contributed by atoms with Gasteiger partial charge in [-0.15, -0.1) is 0 Å². The van der Waals surface area contributed by atoms with Crippen LogP contribution in [0, 0.1) is 0 Å². The smallest absolute Gasteiger partial charge is 0.318 e. The van der Waals surface area contributed by atoms with E-state index >= 15 is 0 Å². The zero-order valence-corrected chi connectivity index (χ0v) is 18.1. The van der Waals surface area contributed by atoms with Crippen molar-refractivity contribution in [3.63, 3.8) is 0 Å². The lowest BCUT2D eigenvalue weighted by molar-refractivity contribution is -0.139. The lowest BCUT2D eigenvalue weighted by Crippen LogP contribution is -2.52. The van der Waals surface area contributed by atoms with E-state index in [9.17, 15) is 9.59 Å². The number of hydrogen-bond donors (Lipinski definition) is 1. The van der Waals surface area contributed by atoms with Crippen molar-refractivity contribution in [1.82, 2.24) is 20.1 Å². The van der Waals surface area contributed by atoms with Crippen LogP contribution < -0.4 is 14.8 Å². The number of pyridine rings is 1. The SMILES string of the molecule is COc1ccc(CNC(=O)N2C[C@@H](Oc3cccnc3)C[C@@H]2C(=O)N2CCOCC2)cc1. The molecule has 0 radical (unpaired) electrons. The third kappa shape index (κ3) is 5.28. The summed E-state index contributed by atoms with van der Waals surface area (Å²) in [7, 11) is 1.61. The molecule has 0 saturated carbocycles. The fourth-order valence-corrected chi connectivity index (χ4v) is 3.97. The van der Waals surface area contributed by atoms with Gasteiger partial charge in [-0.1, -0.05) is 12.1 Å². The summed E-state index contributed by atoms with van der Waals surface area (Å²) in [6.45, 7) is 2.76. The van der Waals surface area contributed by atoms with E-state index in [1.54, 1.807) is 35.4 Å². The first-order valence-corrected chi connectivity index (χ1v) is 10.7. The molecule has 4 rings (SSSR count). The number of rotatable bonds is 6. The number of aromatic nitrogens is 1. The highest BCUT2D eigenvalue weighted by atomic mass is 16.5. The number of carbonyl (C=O) groups is 2. The van der Waals surface area contributed by atoms with Gasteiger partial charge in [0.1, 0.15) is 23.6 Å². The predicted octanol–water partition coefficient (Wildman–Crippen LogP) is 1.68. The number of ether oxygens (including phenoxy) is 3. The number of amides is 3. The maximum Gasteiger partial charge on any atom is 0.318 e. The number of likely N-dealkylation sites (tertiary alicyclic amines) is 1. The van der Waals surface area contributed by atoms with Gasteiger partial charge in [0.05, 0.1) is 33.1 Å². The molecule has 2 fully saturated rings. The average Bonchev–Trinajstić information content (AvgIpc) is 3.27. The Hall–Kier alpha value is -3.33. The first-order valence-electron chi connectivity index (χ1n) is 10.7. The van der Waals surface area contributed by atoms with E-state index in [2.05, 4.69) is 10.3 Å². The van der Waals surface area contributed by atoms with E-state index < -0.39 is 6.04 Å². The van der Waals surface area contributed by atoms with Crippen molar-refractivity contribution in [3.8, 4) is 11.5 Å². The van der Waals surface area contributed by atoms with Crippen molar-refractivity contribution in [2.75, 3.05) is 40.0 Å². The maximum absolute atomic E-state index is 13.2. The molecule has 9 heteroatoms. The molecule has 32 heavy (non-hydrogen) atoms. The van der Waals surface area contributed by atoms with Gasteiger partial charge in [0.25, 0.3) is 0 Å². The van der Waals surface area contributed by atoms with E-state index in [4.69, 9.17) is 14.2 Å². The fraction of sp³-hybridized carbons (Fsp3) is 0.435. The summed E-state index contributed by atoms with van der Waals surface area (Å²) in [6.07, 6.45) is 3.44. The van der Waals surface area contributed by atoms with Crippen LogP contribution in [-0.4, -0.2) is 78.8 Å². The quantitative estimate of drug-likeness (QED) is 0.735. The van der Waals surface area contributed by atoms with Crippen LogP contribution in [0.25, 0.3) is 0 Å². The predicted molar refractivity (Wildman–Crippen MR) is 116 cm³/mol. The number of carbonyl (C=O) groups excluding carboxylic acids is 2. The number of nitrogens with zero attached hydrogens (tertiary/aromatic N) is 3. The number of morpholine rings is 1. The van der Waals surface area contributed by atoms with Crippen molar-refractivity contribution in [3.05, 3.63) is 54.4 Å². The second kappa shape index (κ2) is 10.3.